The van der Waals surface area contributed by atoms with Crippen LogP contribution in [0.2, 0.25) is 5.02 Å². The van der Waals surface area contributed by atoms with Crippen molar-refractivity contribution in [1.29, 1.82) is 0 Å². The van der Waals surface area contributed by atoms with Crippen LogP contribution in [0, 0.1) is 10.1 Å². The van der Waals surface area contributed by atoms with Crippen molar-refractivity contribution < 1.29 is 24.0 Å². The van der Waals surface area contributed by atoms with Gasteiger partial charge in [0.1, 0.15) is 11.8 Å². The van der Waals surface area contributed by atoms with Crippen LogP contribution in [0.4, 0.5) is 5.69 Å². The predicted molar refractivity (Wildman–Crippen MR) is 136 cm³/mol. The molecule has 2 amide bonds. The molecule has 0 spiro atoms. The van der Waals surface area contributed by atoms with Gasteiger partial charge < -0.3 is 19.7 Å². The molecule has 1 atom stereocenters. The third kappa shape index (κ3) is 7.10. The van der Waals surface area contributed by atoms with E-state index in [0.717, 1.165) is 25.7 Å². The molecule has 36 heavy (non-hydrogen) atoms. The number of benzene rings is 2. The Hall–Kier alpha value is -3.33. The zero-order valence-electron chi connectivity index (χ0n) is 20.6. The van der Waals surface area contributed by atoms with Crippen LogP contribution < -0.4 is 14.8 Å². The lowest BCUT2D eigenvalue weighted by Gasteiger charge is -2.33. The predicted octanol–water partition coefficient (Wildman–Crippen LogP) is 4.89. The Morgan fingerprint density at radius 3 is 2.56 bits per heavy atom. The highest BCUT2D eigenvalue weighted by atomic mass is 35.5. The molecule has 10 heteroatoms. The lowest BCUT2D eigenvalue weighted by Crippen LogP contribution is -2.52. The van der Waals surface area contributed by atoms with Crippen LogP contribution in [0.25, 0.3) is 0 Å². The Kier molecular flexibility index (Phi) is 9.93. The molecule has 3 rings (SSSR count). The first-order chi connectivity index (χ1) is 17.3. The van der Waals surface area contributed by atoms with Gasteiger partial charge in [0.05, 0.1) is 12.0 Å². The van der Waals surface area contributed by atoms with E-state index in [-0.39, 0.29) is 42.3 Å². The fraction of sp³-hybridized carbons (Fsp3) is 0.462. The SMILES string of the molecule is CCC(C(=O)NC1CCCCC1)N(Cc1ccccc1Cl)C(=O)COc1ccc([N+](=O)[O-])c(OC)c1. The van der Waals surface area contributed by atoms with Crippen LogP contribution in [0.3, 0.4) is 0 Å². The Balaban J connectivity index is 1.79. The maximum Gasteiger partial charge on any atom is 0.311 e. The van der Waals surface area contributed by atoms with Gasteiger partial charge in [-0.3, -0.25) is 19.7 Å². The molecule has 1 N–H and O–H groups in total. The molecule has 0 saturated heterocycles. The Labute approximate surface area is 215 Å². The third-order valence-electron chi connectivity index (χ3n) is 6.35. The van der Waals surface area contributed by atoms with E-state index in [0.29, 0.717) is 17.0 Å². The summed E-state index contributed by atoms with van der Waals surface area (Å²) in [6.07, 6.45) is 5.62. The van der Waals surface area contributed by atoms with Crippen molar-refractivity contribution in [2.75, 3.05) is 13.7 Å². The summed E-state index contributed by atoms with van der Waals surface area (Å²) in [5.41, 5.74) is 0.510. The van der Waals surface area contributed by atoms with Gasteiger partial charge in [-0.1, -0.05) is 56.0 Å². The number of nitro groups is 1. The van der Waals surface area contributed by atoms with E-state index < -0.39 is 16.9 Å². The summed E-state index contributed by atoms with van der Waals surface area (Å²) in [6.45, 7) is 1.64. The molecule has 0 aliphatic heterocycles. The van der Waals surface area contributed by atoms with Gasteiger partial charge >= 0.3 is 5.69 Å². The fourth-order valence-corrected chi connectivity index (χ4v) is 4.60. The van der Waals surface area contributed by atoms with Crippen molar-refractivity contribution in [3.63, 3.8) is 0 Å². The largest absolute Gasteiger partial charge is 0.490 e. The second-order valence-corrected chi connectivity index (χ2v) is 9.17. The summed E-state index contributed by atoms with van der Waals surface area (Å²) in [4.78, 5) is 38.7. The van der Waals surface area contributed by atoms with Crippen LogP contribution >= 0.6 is 11.6 Å². The first kappa shape index (κ1) is 27.3. The molecule has 1 unspecified atom stereocenters. The number of methoxy groups -OCH3 is 1. The van der Waals surface area contributed by atoms with Gasteiger partial charge in [0.15, 0.2) is 6.61 Å². The van der Waals surface area contributed by atoms with Crippen LogP contribution in [0.5, 0.6) is 11.5 Å². The molecule has 2 aromatic carbocycles. The summed E-state index contributed by atoms with van der Waals surface area (Å²) in [7, 11) is 1.32. The minimum Gasteiger partial charge on any atom is -0.490 e. The molecule has 0 heterocycles. The first-order valence-electron chi connectivity index (χ1n) is 12.1. The van der Waals surface area contributed by atoms with Crippen LogP contribution in [-0.2, 0) is 16.1 Å². The van der Waals surface area contributed by atoms with Gasteiger partial charge in [-0.25, -0.2) is 0 Å². The van der Waals surface area contributed by atoms with Crippen LogP contribution in [0.1, 0.15) is 51.0 Å². The number of carbonyl (C=O) groups excluding carboxylic acids is 2. The number of nitrogens with one attached hydrogen (secondary N) is 1. The van der Waals surface area contributed by atoms with Crippen molar-refractivity contribution in [2.24, 2.45) is 0 Å². The zero-order chi connectivity index (χ0) is 26.1. The van der Waals surface area contributed by atoms with Gasteiger partial charge in [0, 0.05) is 29.7 Å². The second kappa shape index (κ2) is 13.1. The molecular weight excluding hydrogens is 486 g/mol. The number of halogens is 1. The topological polar surface area (TPSA) is 111 Å². The van der Waals surface area contributed by atoms with Crippen molar-refractivity contribution >= 4 is 29.1 Å². The fourth-order valence-electron chi connectivity index (χ4n) is 4.40. The molecule has 1 aliphatic rings. The van der Waals surface area contributed by atoms with Crippen molar-refractivity contribution in [3.8, 4) is 11.5 Å². The molecule has 194 valence electrons. The lowest BCUT2D eigenvalue weighted by atomic mass is 9.95. The van der Waals surface area contributed by atoms with E-state index in [9.17, 15) is 19.7 Å². The molecule has 1 saturated carbocycles. The van der Waals surface area contributed by atoms with E-state index in [4.69, 9.17) is 21.1 Å². The number of carbonyl (C=O) groups is 2. The Morgan fingerprint density at radius 1 is 1.19 bits per heavy atom. The minimum atomic E-state index is -0.703. The molecule has 0 radical (unpaired) electrons. The highest BCUT2D eigenvalue weighted by Gasteiger charge is 2.31. The quantitative estimate of drug-likeness (QED) is 0.335. The molecular formula is C26H32ClN3O6. The monoisotopic (exact) mass is 517 g/mol. The van der Waals surface area contributed by atoms with Crippen LogP contribution in [-0.4, -0.2) is 47.4 Å². The zero-order valence-corrected chi connectivity index (χ0v) is 21.3. The molecule has 2 aromatic rings. The van der Waals surface area contributed by atoms with Crippen molar-refractivity contribution in [3.05, 3.63) is 63.2 Å². The summed E-state index contributed by atoms with van der Waals surface area (Å²) < 4.78 is 10.7. The summed E-state index contributed by atoms with van der Waals surface area (Å²) in [6, 6.07) is 10.6. The minimum absolute atomic E-state index is 0.0242. The second-order valence-electron chi connectivity index (χ2n) is 8.76. The maximum absolute atomic E-state index is 13.4. The molecule has 1 aliphatic carbocycles. The highest BCUT2D eigenvalue weighted by molar-refractivity contribution is 6.31. The van der Waals surface area contributed by atoms with Gasteiger partial charge in [0.2, 0.25) is 11.7 Å². The van der Waals surface area contributed by atoms with Crippen LogP contribution in [0.15, 0.2) is 42.5 Å². The van der Waals surface area contributed by atoms with E-state index in [2.05, 4.69) is 5.32 Å². The van der Waals surface area contributed by atoms with E-state index in [1.807, 2.05) is 19.1 Å². The molecule has 0 bridgehead atoms. The summed E-state index contributed by atoms with van der Waals surface area (Å²) in [5.74, 6) is -0.334. The number of amides is 2. The summed E-state index contributed by atoms with van der Waals surface area (Å²) >= 11 is 6.36. The van der Waals surface area contributed by atoms with E-state index in [1.54, 1.807) is 12.1 Å². The molecule has 0 aromatic heterocycles. The number of nitro benzene ring substituents is 1. The average Bonchev–Trinajstić information content (AvgIpc) is 2.88. The third-order valence-corrected chi connectivity index (χ3v) is 6.71. The van der Waals surface area contributed by atoms with Gasteiger partial charge in [0.25, 0.3) is 5.91 Å². The van der Waals surface area contributed by atoms with Gasteiger partial charge in [-0.2, -0.15) is 0 Å². The van der Waals surface area contributed by atoms with Crippen molar-refractivity contribution in [1.82, 2.24) is 10.2 Å². The Bertz CT molecular complexity index is 1070. The Morgan fingerprint density at radius 2 is 1.92 bits per heavy atom. The molecule has 9 nitrogen and oxygen atoms in total. The summed E-state index contributed by atoms with van der Waals surface area (Å²) in [5, 5.41) is 14.8. The molecule has 1 fully saturated rings. The van der Waals surface area contributed by atoms with Gasteiger partial charge in [-0.15, -0.1) is 0 Å². The van der Waals surface area contributed by atoms with E-state index in [1.165, 1.54) is 36.6 Å². The number of nitrogens with zero attached hydrogens (tertiary/aromatic N) is 2. The number of rotatable bonds is 11. The normalized spacial score (nSPS) is 14.5. The average molecular weight is 518 g/mol. The smallest absolute Gasteiger partial charge is 0.311 e. The first-order valence-corrected chi connectivity index (χ1v) is 12.5. The van der Waals surface area contributed by atoms with E-state index >= 15 is 0 Å². The highest BCUT2D eigenvalue weighted by Crippen LogP contribution is 2.31. The number of hydrogen-bond donors (Lipinski definition) is 1. The maximum atomic E-state index is 13.4. The van der Waals surface area contributed by atoms with Crippen molar-refractivity contribution in [2.45, 2.75) is 64.1 Å². The number of hydrogen-bond acceptors (Lipinski definition) is 6. The van der Waals surface area contributed by atoms with Gasteiger partial charge in [-0.05, 0) is 37.0 Å². The lowest BCUT2D eigenvalue weighted by molar-refractivity contribution is -0.385. The number of ether oxygens (including phenoxy) is 2. The standard InChI is InChI=1S/C26H32ClN3O6/c1-3-22(26(32)28-19-10-5-4-6-11-19)29(16-18-9-7-8-12-21(18)27)25(31)17-36-20-13-14-23(30(33)34)24(15-20)35-2/h7-9,12-15,19,22H,3-6,10-11,16-17H2,1-2H3,(H,28,32).